The fourth-order valence-electron chi connectivity index (χ4n) is 2.09. The molecule has 4 nitrogen and oxygen atoms in total. The van der Waals surface area contributed by atoms with Crippen LogP contribution in [0.4, 0.5) is 5.69 Å². The molecule has 2 aromatic rings. The van der Waals surface area contributed by atoms with E-state index in [-0.39, 0.29) is 11.9 Å². The number of nitrogens with one attached hydrogen (secondary N) is 1. The molecule has 1 amide bonds. The normalized spacial score (nSPS) is 11.7. The molecular formula is C17H21N2O2+. The van der Waals surface area contributed by atoms with E-state index in [0.717, 1.165) is 11.4 Å². The van der Waals surface area contributed by atoms with Gasteiger partial charge in [0, 0.05) is 17.3 Å². The maximum Gasteiger partial charge on any atom is 0.279 e. The highest BCUT2D eigenvalue weighted by molar-refractivity contribution is 5.91. The summed E-state index contributed by atoms with van der Waals surface area (Å²) in [7, 11) is 1.61. The van der Waals surface area contributed by atoms with Crippen LogP contribution in [0.2, 0.25) is 0 Å². The number of carbonyl (C=O) groups excluding carboxylic acids is 1. The van der Waals surface area contributed by atoms with Crippen molar-refractivity contribution in [2.75, 3.05) is 19.0 Å². The third kappa shape index (κ3) is 4.61. The topological polar surface area (TPSA) is 54.9 Å². The van der Waals surface area contributed by atoms with Gasteiger partial charge in [-0.25, -0.2) is 0 Å². The number of amides is 1. The van der Waals surface area contributed by atoms with Crippen molar-refractivity contribution in [3.63, 3.8) is 0 Å². The van der Waals surface area contributed by atoms with Crippen molar-refractivity contribution >= 4 is 11.6 Å². The number of nitrogens with two attached hydrogens (primary N) is 1. The standard InChI is InChI=1S/C17H20N2O2/c1-13(14-7-4-3-5-8-14)18-12-17(20)19-15-9-6-10-16(11-15)21-2/h3-11,13,18H,12H2,1-2H3,(H,19,20)/p+1/t13-/m0/s1. The van der Waals surface area contributed by atoms with Gasteiger partial charge in [0.05, 0.1) is 7.11 Å². The first-order valence-electron chi connectivity index (χ1n) is 7.01. The zero-order chi connectivity index (χ0) is 15.1. The quantitative estimate of drug-likeness (QED) is 0.852. The molecule has 1 atom stereocenters. The van der Waals surface area contributed by atoms with Crippen molar-refractivity contribution in [1.82, 2.24) is 0 Å². The summed E-state index contributed by atoms with van der Waals surface area (Å²) >= 11 is 0. The summed E-state index contributed by atoms with van der Waals surface area (Å²) in [5.41, 5.74) is 1.96. The summed E-state index contributed by atoms with van der Waals surface area (Å²) < 4.78 is 5.13. The zero-order valence-corrected chi connectivity index (χ0v) is 12.4. The van der Waals surface area contributed by atoms with E-state index < -0.39 is 0 Å². The number of ether oxygens (including phenoxy) is 1. The summed E-state index contributed by atoms with van der Waals surface area (Å²) in [4.78, 5) is 12.0. The minimum Gasteiger partial charge on any atom is -0.497 e. The third-order valence-electron chi connectivity index (χ3n) is 3.34. The summed E-state index contributed by atoms with van der Waals surface area (Å²) in [6.07, 6.45) is 0. The number of anilines is 1. The van der Waals surface area contributed by atoms with E-state index in [4.69, 9.17) is 4.74 Å². The number of quaternary nitrogens is 1. The summed E-state index contributed by atoms with van der Waals surface area (Å²) in [6, 6.07) is 17.8. The third-order valence-corrected chi connectivity index (χ3v) is 3.34. The van der Waals surface area contributed by atoms with E-state index in [1.165, 1.54) is 5.56 Å². The molecule has 0 aliphatic rings. The van der Waals surface area contributed by atoms with Crippen LogP contribution in [0.5, 0.6) is 5.75 Å². The molecule has 0 spiro atoms. The summed E-state index contributed by atoms with van der Waals surface area (Å²) in [6.45, 7) is 2.47. The maximum absolute atomic E-state index is 12.0. The van der Waals surface area contributed by atoms with E-state index in [2.05, 4.69) is 24.4 Å². The van der Waals surface area contributed by atoms with Gasteiger partial charge in [0.25, 0.3) is 5.91 Å². The molecule has 2 rings (SSSR count). The van der Waals surface area contributed by atoms with Crippen molar-refractivity contribution < 1.29 is 14.8 Å². The Morgan fingerprint density at radius 2 is 1.95 bits per heavy atom. The molecule has 0 aliphatic carbocycles. The Kier molecular flexibility index (Phi) is 5.35. The van der Waals surface area contributed by atoms with Crippen LogP contribution in [-0.2, 0) is 4.79 Å². The predicted molar refractivity (Wildman–Crippen MR) is 83.3 cm³/mol. The second-order valence-electron chi connectivity index (χ2n) is 4.92. The van der Waals surface area contributed by atoms with E-state index in [0.29, 0.717) is 6.54 Å². The second kappa shape index (κ2) is 7.45. The first-order chi connectivity index (χ1) is 10.2. The van der Waals surface area contributed by atoms with E-state index >= 15 is 0 Å². The monoisotopic (exact) mass is 285 g/mol. The Morgan fingerprint density at radius 3 is 2.67 bits per heavy atom. The molecule has 4 heteroatoms. The molecule has 3 N–H and O–H groups in total. The van der Waals surface area contributed by atoms with Crippen LogP contribution in [-0.4, -0.2) is 19.6 Å². The Morgan fingerprint density at radius 1 is 1.19 bits per heavy atom. The lowest BCUT2D eigenvalue weighted by Gasteiger charge is -2.11. The maximum atomic E-state index is 12.0. The van der Waals surface area contributed by atoms with E-state index in [1.807, 2.05) is 41.7 Å². The molecule has 0 saturated carbocycles. The lowest BCUT2D eigenvalue weighted by molar-refractivity contribution is -0.682. The van der Waals surface area contributed by atoms with E-state index in [1.54, 1.807) is 13.2 Å². The number of carbonyl (C=O) groups is 1. The minimum absolute atomic E-state index is 0.0222. The van der Waals surface area contributed by atoms with E-state index in [9.17, 15) is 4.79 Å². The number of benzene rings is 2. The minimum atomic E-state index is -0.0222. The predicted octanol–water partition coefficient (Wildman–Crippen LogP) is 1.96. The number of methoxy groups -OCH3 is 1. The van der Waals surface area contributed by atoms with Gasteiger partial charge in [-0.05, 0) is 19.1 Å². The molecule has 2 aromatic carbocycles. The number of hydrogen-bond donors (Lipinski definition) is 2. The molecule has 0 bridgehead atoms. The average Bonchev–Trinajstić information content (AvgIpc) is 2.53. The highest BCUT2D eigenvalue weighted by Crippen LogP contribution is 2.16. The molecule has 21 heavy (non-hydrogen) atoms. The van der Waals surface area contributed by atoms with Crippen molar-refractivity contribution in [2.45, 2.75) is 13.0 Å². The molecule has 0 aromatic heterocycles. The molecule has 0 radical (unpaired) electrons. The SMILES string of the molecule is COc1cccc(NC(=O)C[NH2+][C@@H](C)c2ccccc2)c1. The van der Waals surface area contributed by atoms with Gasteiger partial charge in [-0.15, -0.1) is 0 Å². The Balaban J connectivity index is 1.84. The van der Waals surface area contributed by atoms with Gasteiger partial charge < -0.3 is 15.4 Å². The Hall–Kier alpha value is -2.33. The summed E-state index contributed by atoms with van der Waals surface area (Å²) in [5.74, 6) is 0.709. The Bertz CT molecular complexity index is 584. The zero-order valence-electron chi connectivity index (χ0n) is 12.4. The van der Waals surface area contributed by atoms with Crippen molar-refractivity contribution in [1.29, 1.82) is 0 Å². The van der Waals surface area contributed by atoms with Gasteiger partial charge >= 0.3 is 0 Å². The smallest absolute Gasteiger partial charge is 0.279 e. The van der Waals surface area contributed by atoms with Crippen LogP contribution in [0, 0.1) is 0 Å². The largest absolute Gasteiger partial charge is 0.497 e. The first kappa shape index (κ1) is 15.1. The van der Waals surface area contributed by atoms with Crippen LogP contribution in [0.1, 0.15) is 18.5 Å². The highest BCUT2D eigenvalue weighted by atomic mass is 16.5. The molecule has 110 valence electrons. The lowest BCUT2D eigenvalue weighted by Crippen LogP contribution is -2.86. The average molecular weight is 285 g/mol. The van der Waals surface area contributed by atoms with Gasteiger partial charge in [-0.1, -0.05) is 36.4 Å². The Labute approximate surface area is 125 Å². The van der Waals surface area contributed by atoms with Crippen LogP contribution in [0.25, 0.3) is 0 Å². The van der Waals surface area contributed by atoms with Gasteiger partial charge in [-0.3, -0.25) is 4.79 Å². The van der Waals surface area contributed by atoms with Crippen molar-refractivity contribution in [3.8, 4) is 5.75 Å². The molecule has 0 aliphatic heterocycles. The van der Waals surface area contributed by atoms with Crippen LogP contribution >= 0.6 is 0 Å². The fraction of sp³-hybridized carbons (Fsp3) is 0.235. The number of rotatable bonds is 6. The van der Waals surface area contributed by atoms with Crippen LogP contribution in [0.3, 0.4) is 0 Å². The molecule has 0 fully saturated rings. The van der Waals surface area contributed by atoms with Gasteiger partial charge in [0.15, 0.2) is 6.54 Å². The van der Waals surface area contributed by atoms with Crippen molar-refractivity contribution in [2.24, 2.45) is 0 Å². The highest BCUT2D eigenvalue weighted by Gasteiger charge is 2.11. The van der Waals surface area contributed by atoms with Gasteiger partial charge in [-0.2, -0.15) is 0 Å². The molecular weight excluding hydrogens is 264 g/mol. The van der Waals surface area contributed by atoms with Gasteiger partial charge in [0.1, 0.15) is 11.8 Å². The molecule has 0 saturated heterocycles. The van der Waals surface area contributed by atoms with Crippen molar-refractivity contribution in [3.05, 3.63) is 60.2 Å². The molecule has 0 heterocycles. The summed E-state index contributed by atoms with van der Waals surface area (Å²) in [5, 5.41) is 4.89. The van der Waals surface area contributed by atoms with Gasteiger partial charge in [0.2, 0.25) is 0 Å². The van der Waals surface area contributed by atoms with Crippen LogP contribution in [0.15, 0.2) is 54.6 Å². The van der Waals surface area contributed by atoms with Crippen LogP contribution < -0.4 is 15.4 Å². The second-order valence-corrected chi connectivity index (χ2v) is 4.92. The number of hydrogen-bond acceptors (Lipinski definition) is 2. The first-order valence-corrected chi connectivity index (χ1v) is 7.01. The lowest BCUT2D eigenvalue weighted by atomic mass is 10.1. The fourth-order valence-corrected chi connectivity index (χ4v) is 2.09. The molecule has 0 unspecified atom stereocenters.